The highest BCUT2D eigenvalue weighted by Gasteiger charge is 2.13. The van der Waals surface area contributed by atoms with Gasteiger partial charge in [-0.1, -0.05) is 12.1 Å². The molecule has 0 unspecified atom stereocenters. The van der Waals surface area contributed by atoms with E-state index in [0.29, 0.717) is 27.3 Å². The van der Waals surface area contributed by atoms with E-state index in [-0.39, 0.29) is 0 Å². The van der Waals surface area contributed by atoms with Gasteiger partial charge in [0.05, 0.1) is 24.3 Å². The van der Waals surface area contributed by atoms with E-state index in [0.717, 1.165) is 0 Å². The SMILES string of the molecule is COc1cc(OC)cc(C(=O)Oc2ccccc2Br)c1. The summed E-state index contributed by atoms with van der Waals surface area (Å²) in [6.07, 6.45) is 0. The van der Waals surface area contributed by atoms with Crippen LogP contribution in [0.1, 0.15) is 10.4 Å². The average Bonchev–Trinajstić information content (AvgIpc) is 2.48. The molecule has 2 aromatic rings. The van der Waals surface area contributed by atoms with Crippen LogP contribution in [0.25, 0.3) is 0 Å². The summed E-state index contributed by atoms with van der Waals surface area (Å²) < 4.78 is 16.3. The lowest BCUT2D eigenvalue weighted by molar-refractivity contribution is 0.0732. The molecule has 0 amide bonds. The van der Waals surface area contributed by atoms with Crippen LogP contribution >= 0.6 is 15.9 Å². The number of benzene rings is 2. The van der Waals surface area contributed by atoms with Crippen LogP contribution in [0.15, 0.2) is 46.9 Å². The fourth-order valence-electron chi connectivity index (χ4n) is 1.61. The molecule has 0 aromatic heterocycles. The third-order valence-corrected chi connectivity index (χ3v) is 3.28. The van der Waals surface area contributed by atoms with Crippen LogP contribution in [0.4, 0.5) is 0 Å². The number of rotatable bonds is 4. The summed E-state index contributed by atoms with van der Waals surface area (Å²) in [7, 11) is 3.05. The molecule has 2 aromatic carbocycles. The Hall–Kier alpha value is -2.01. The predicted molar refractivity (Wildman–Crippen MR) is 78.6 cm³/mol. The number of para-hydroxylation sites is 1. The molecular formula is C15H13BrO4. The fraction of sp³-hybridized carbons (Fsp3) is 0.133. The number of carbonyl (C=O) groups is 1. The lowest BCUT2D eigenvalue weighted by atomic mass is 10.2. The minimum Gasteiger partial charge on any atom is -0.497 e. The molecule has 0 atom stereocenters. The molecule has 0 saturated carbocycles. The lowest BCUT2D eigenvalue weighted by Crippen LogP contribution is -2.09. The quantitative estimate of drug-likeness (QED) is 0.631. The van der Waals surface area contributed by atoms with Crippen molar-refractivity contribution in [2.24, 2.45) is 0 Å². The molecule has 0 aliphatic rings. The van der Waals surface area contributed by atoms with Crippen LogP contribution in [-0.2, 0) is 0 Å². The smallest absolute Gasteiger partial charge is 0.343 e. The Kier molecular flexibility index (Phi) is 4.63. The molecule has 4 nitrogen and oxygen atoms in total. The maximum absolute atomic E-state index is 12.1. The molecule has 2 rings (SSSR count). The molecule has 0 aliphatic carbocycles. The van der Waals surface area contributed by atoms with Gasteiger partial charge in [-0.3, -0.25) is 0 Å². The van der Waals surface area contributed by atoms with Crippen molar-refractivity contribution < 1.29 is 19.0 Å². The van der Waals surface area contributed by atoms with Crippen molar-refractivity contribution in [1.29, 1.82) is 0 Å². The zero-order valence-corrected chi connectivity index (χ0v) is 12.6. The molecule has 0 bridgehead atoms. The van der Waals surface area contributed by atoms with E-state index in [9.17, 15) is 4.79 Å². The third kappa shape index (κ3) is 3.30. The van der Waals surface area contributed by atoms with Gasteiger partial charge >= 0.3 is 5.97 Å². The summed E-state index contributed by atoms with van der Waals surface area (Å²) in [6.45, 7) is 0. The first-order valence-electron chi connectivity index (χ1n) is 5.84. The van der Waals surface area contributed by atoms with Crippen molar-refractivity contribution >= 4 is 21.9 Å². The summed E-state index contributed by atoms with van der Waals surface area (Å²) in [6, 6.07) is 12.0. The van der Waals surface area contributed by atoms with Gasteiger partial charge in [0.2, 0.25) is 0 Å². The number of carbonyl (C=O) groups excluding carboxylic acids is 1. The monoisotopic (exact) mass is 336 g/mol. The summed E-state index contributed by atoms with van der Waals surface area (Å²) >= 11 is 3.33. The van der Waals surface area contributed by atoms with Crippen LogP contribution in [0.2, 0.25) is 0 Å². The van der Waals surface area contributed by atoms with Crippen LogP contribution in [0.3, 0.4) is 0 Å². The van der Waals surface area contributed by atoms with Crippen molar-refractivity contribution in [1.82, 2.24) is 0 Å². The maximum atomic E-state index is 12.1. The molecule has 0 aliphatic heterocycles. The van der Waals surface area contributed by atoms with Gasteiger partial charge in [-0.2, -0.15) is 0 Å². The van der Waals surface area contributed by atoms with E-state index in [2.05, 4.69) is 15.9 Å². The van der Waals surface area contributed by atoms with Crippen LogP contribution in [-0.4, -0.2) is 20.2 Å². The van der Waals surface area contributed by atoms with E-state index in [1.54, 1.807) is 36.4 Å². The highest BCUT2D eigenvalue weighted by atomic mass is 79.9. The highest BCUT2D eigenvalue weighted by molar-refractivity contribution is 9.10. The van der Waals surface area contributed by atoms with Crippen molar-refractivity contribution in [3.05, 3.63) is 52.5 Å². The van der Waals surface area contributed by atoms with Crippen LogP contribution < -0.4 is 14.2 Å². The van der Waals surface area contributed by atoms with E-state index in [1.807, 2.05) is 6.07 Å². The highest BCUT2D eigenvalue weighted by Crippen LogP contribution is 2.27. The minimum atomic E-state index is -0.478. The Morgan fingerprint density at radius 1 is 1.00 bits per heavy atom. The van der Waals surface area contributed by atoms with Gasteiger partial charge in [0.15, 0.2) is 0 Å². The van der Waals surface area contributed by atoms with Gasteiger partial charge in [-0.05, 0) is 40.2 Å². The van der Waals surface area contributed by atoms with Crippen molar-refractivity contribution in [3.63, 3.8) is 0 Å². The minimum absolute atomic E-state index is 0.358. The molecule has 104 valence electrons. The van der Waals surface area contributed by atoms with E-state index < -0.39 is 5.97 Å². The second-order valence-corrected chi connectivity index (χ2v) is 4.78. The van der Waals surface area contributed by atoms with E-state index in [4.69, 9.17) is 14.2 Å². The van der Waals surface area contributed by atoms with Gasteiger partial charge in [0.1, 0.15) is 17.2 Å². The van der Waals surface area contributed by atoms with E-state index >= 15 is 0 Å². The average molecular weight is 337 g/mol. The van der Waals surface area contributed by atoms with Crippen molar-refractivity contribution in [3.8, 4) is 17.2 Å². The van der Waals surface area contributed by atoms with Gasteiger partial charge in [0, 0.05) is 6.07 Å². The molecule has 20 heavy (non-hydrogen) atoms. The van der Waals surface area contributed by atoms with E-state index in [1.165, 1.54) is 14.2 Å². The van der Waals surface area contributed by atoms with Gasteiger partial charge in [-0.15, -0.1) is 0 Å². The largest absolute Gasteiger partial charge is 0.497 e. The molecule has 0 spiro atoms. The Labute approximate surface area is 125 Å². The summed E-state index contributed by atoms with van der Waals surface area (Å²) in [4.78, 5) is 12.1. The first kappa shape index (κ1) is 14.4. The lowest BCUT2D eigenvalue weighted by Gasteiger charge is -2.09. The zero-order chi connectivity index (χ0) is 14.5. The van der Waals surface area contributed by atoms with Crippen molar-refractivity contribution in [2.45, 2.75) is 0 Å². The Balaban J connectivity index is 2.27. The normalized spacial score (nSPS) is 9.95. The van der Waals surface area contributed by atoms with Crippen LogP contribution in [0.5, 0.6) is 17.2 Å². The Morgan fingerprint density at radius 3 is 2.15 bits per heavy atom. The zero-order valence-electron chi connectivity index (χ0n) is 11.1. The maximum Gasteiger partial charge on any atom is 0.343 e. The number of esters is 1. The molecule has 0 heterocycles. The molecule has 0 saturated heterocycles. The summed E-state index contributed by atoms with van der Waals surface area (Å²) in [5.74, 6) is 1.04. The Morgan fingerprint density at radius 2 is 1.60 bits per heavy atom. The molecule has 0 N–H and O–H groups in total. The van der Waals surface area contributed by atoms with Crippen molar-refractivity contribution in [2.75, 3.05) is 14.2 Å². The summed E-state index contributed by atoms with van der Waals surface area (Å²) in [5.41, 5.74) is 0.358. The second kappa shape index (κ2) is 6.43. The molecule has 0 fully saturated rings. The first-order valence-corrected chi connectivity index (χ1v) is 6.63. The van der Waals surface area contributed by atoms with Gasteiger partial charge in [0.25, 0.3) is 0 Å². The van der Waals surface area contributed by atoms with Crippen LogP contribution in [0, 0.1) is 0 Å². The number of hydrogen-bond acceptors (Lipinski definition) is 4. The molecular weight excluding hydrogens is 324 g/mol. The molecule has 0 radical (unpaired) electrons. The van der Waals surface area contributed by atoms with Gasteiger partial charge in [-0.25, -0.2) is 4.79 Å². The number of ether oxygens (including phenoxy) is 3. The topological polar surface area (TPSA) is 44.8 Å². The standard InChI is InChI=1S/C15H13BrO4/c1-18-11-7-10(8-12(9-11)19-2)15(17)20-14-6-4-3-5-13(14)16/h3-9H,1-2H3. The fourth-order valence-corrected chi connectivity index (χ4v) is 1.98. The molecule has 5 heteroatoms. The first-order chi connectivity index (χ1) is 9.63. The predicted octanol–water partition coefficient (Wildman–Crippen LogP) is 3.69. The number of hydrogen-bond donors (Lipinski definition) is 0. The number of methoxy groups -OCH3 is 2. The number of halogens is 1. The third-order valence-electron chi connectivity index (χ3n) is 2.63. The van der Waals surface area contributed by atoms with Gasteiger partial charge < -0.3 is 14.2 Å². The Bertz CT molecular complexity index is 603. The summed E-state index contributed by atoms with van der Waals surface area (Å²) in [5, 5.41) is 0. The second-order valence-electron chi connectivity index (χ2n) is 3.92.